The minimum atomic E-state index is -0.174. The Morgan fingerprint density at radius 2 is 1.57 bits per heavy atom. The molecule has 1 aliphatic rings. The van der Waals surface area contributed by atoms with Crippen molar-refractivity contribution < 1.29 is 4.39 Å². The normalized spacial score (nSPS) is 17.1. The Morgan fingerprint density at radius 1 is 0.913 bits per heavy atom. The smallest absolute Gasteiger partial charge is 0.123 e. The number of hydrogen-bond donors (Lipinski definition) is 1. The molecule has 0 spiro atoms. The third-order valence-electron chi connectivity index (χ3n) is 4.25. The number of benzene rings is 1. The fourth-order valence-corrected chi connectivity index (χ4v) is 3.04. The van der Waals surface area contributed by atoms with Crippen molar-refractivity contribution in [1.29, 1.82) is 0 Å². The summed E-state index contributed by atoms with van der Waals surface area (Å²) in [4.78, 5) is 8.94. The maximum absolute atomic E-state index is 13.0. The summed E-state index contributed by atoms with van der Waals surface area (Å²) in [6.45, 7) is 6.02. The van der Waals surface area contributed by atoms with Gasteiger partial charge in [0.15, 0.2) is 0 Å². The Hall–Kier alpha value is -1.98. The monoisotopic (exact) mass is 314 g/mol. The second-order valence-corrected chi connectivity index (χ2v) is 6.12. The van der Waals surface area contributed by atoms with Crippen molar-refractivity contribution in [1.82, 2.24) is 14.8 Å². The zero-order chi connectivity index (χ0) is 16.1. The van der Waals surface area contributed by atoms with Crippen LogP contribution in [0.3, 0.4) is 0 Å². The van der Waals surface area contributed by atoms with Crippen LogP contribution in [-0.2, 0) is 13.1 Å². The fraction of sp³-hybridized carbons (Fsp3) is 0.389. The van der Waals surface area contributed by atoms with E-state index in [4.69, 9.17) is 5.73 Å². The third kappa shape index (κ3) is 4.74. The van der Waals surface area contributed by atoms with E-state index < -0.39 is 0 Å². The Balaban J connectivity index is 1.53. The molecule has 0 unspecified atom stereocenters. The molecule has 2 heterocycles. The molecular formula is C18H23FN4. The fourth-order valence-electron chi connectivity index (χ4n) is 3.04. The Morgan fingerprint density at radius 3 is 2.22 bits per heavy atom. The number of hydrogen-bond acceptors (Lipinski definition) is 4. The second-order valence-electron chi connectivity index (χ2n) is 6.12. The SMILES string of the molecule is Nc1cc(CN2CCCN(Cc3ccc(F)cc3)CC2)ccn1. The second kappa shape index (κ2) is 7.53. The number of nitrogens with two attached hydrogens (primary N) is 1. The van der Waals surface area contributed by atoms with Gasteiger partial charge in [-0.2, -0.15) is 0 Å². The first-order valence-corrected chi connectivity index (χ1v) is 8.08. The molecule has 2 N–H and O–H groups in total. The number of nitrogens with zero attached hydrogens (tertiary/aromatic N) is 3. The van der Waals surface area contributed by atoms with E-state index in [-0.39, 0.29) is 5.82 Å². The molecule has 23 heavy (non-hydrogen) atoms. The van der Waals surface area contributed by atoms with Crippen LogP contribution in [0.2, 0.25) is 0 Å². The first kappa shape index (κ1) is 15.9. The number of rotatable bonds is 4. The van der Waals surface area contributed by atoms with Crippen LogP contribution >= 0.6 is 0 Å². The van der Waals surface area contributed by atoms with E-state index in [1.54, 1.807) is 6.20 Å². The molecule has 2 aromatic rings. The summed E-state index contributed by atoms with van der Waals surface area (Å²) in [5.41, 5.74) is 8.13. The maximum Gasteiger partial charge on any atom is 0.123 e. The topological polar surface area (TPSA) is 45.4 Å². The van der Waals surface area contributed by atoms with E-state index in [1.807, 2.05) is 24.3 Å². The highest BCUT2D eigenvalue weighted by atomic mass is 19.1. The summed E-state index contributed by atoms with van der Waals surface area (Å²) in [5.74, 6) is 0.405. The van der Waals surface area contributed by atoms with Crippen molar-refractivity contribution in [3.63, 3.8) is 0 Å². The van der Waals surface area contributed by atoms with Crippen LogP contribution in [0.15, 0.2) is 42.6 Å². The van der Waals surface area contributed by atoms with Gasteiger partial charge in [0.2, 0.25) is 0 Å². The standard InChI is InChI=1S/C18H23FN4/c19-17-4-2-15(3-5-17)13-22-8-1-9-23(11-10-22)14-16-6-7-21-18(20)12-16/h2-7,12H,1,8-11,13-14H2,(H2,20,21). The van der Waals surface area contributed by atoms with Gasteiger partial charge in [0.1, 0.15) is 11.6 Å². The Bertz CT molecular complexity index is 629. The summed E-state index contributed by atoms with van der Waals surface area (Å²) in [6.07, 6.45) is 2.91. The molecule has 0 atom stereocenters. The number of nitrogen functional groups attached to an aromatic ring is 1. The molecule has 122 valence electrons. The number of aromatic nitrogens is 1. The lowest BCUT2D eigenvalue weighted by Crippen LogP contribution is -2.30. The Labute approximate surface area is 136 Å². The van der Waals surface area contributed by atoms with Crippen LogP contribution in [0.1, 0.15) is 17.5 Å². The zero-order valence-corrected chi connectivity index (χ0v) is 13.3. The van der Waals surface area contributed by atoms with Gasteiger partial charge >= 0.3 is 0 Å². The average molecular weight is 314 g/mol. The highest BCUT2D eigenvalue weighted by Crippen LogP contribution is 2.13. The molecule has 0 aliphatic carbocycles. The maximum atomic E-state index is 13.0. The molecule has 1 aliphatic heterocycles. The van der Waals surface area contributed by atoms with Gasteiger partial charge in [-0.25, -0.2) is 9.37 Å². The highest BCUT2D eigenvalue weighted by Gasteiger charge is 2.15. The molecule has 0 saturated carbocycles. The molecule has 1 saturated heterocycles. The molecule has 1 aromatic heterocycles. The quantitative estimate of drug-likeness (QED) is 0.942. The van der Waals surface area contributed by atoms with Crippen molar-refractivity contribution in [3.05, 3.63) is 59.5 Å². The van der Waals surface area contributed by atoms with E-state index >= 15 is 0 Å². The average Bonchev–Trinajstić information content (AvgIpc) is 2.75. The van der Waals surface area contributed by atoms with Crippen LogP contribution in [0.25, 0.3) is 0 Å². The van der Waals surface area contributed by atoms with Gasteiger partial charge in [-0.15, -0.1) is 0 Å². The summed E-state index contributed by atoms with van der Waals surface area (Å²) in [5, 5.41) is 0. The van der Waals surface area contributed by atoms with E-state index in [2.05, 4.69) is 14.8 Å². The van der Waals surface area contributed by atoms with Crippen molar-refractivity contribution in [3.8, 4) is 0 Å². The minimum Gasteiger partial charge on any atom is -0.384 e. The molecule has 0 bridgehead atoms. The first-order valence-electron chi connectivity index (χ1n) is 8.08. The van der Waals surface area contributed by atoms with Crippen LogP contribution in [0, 0.1) is 5.82 Å². The van der Waals surface area contributed by atoms with Crippen molar-refractivity contribution in [2.75, 3.05) is 31.9 Å². The van der Waals surface area contributed by atoms with Gasteiger partial charge in [0.05, 0.1) is 0 Å². The number of halogens is 1. The van der Waals surface area contributed by atoms with Gasteiger partial charge < -0.3 is 5.73 Å². The van der Waals surface area contributed by atoms with Crippen LogP contribution < -0.4 is 5.73 Å². The van der Waals surface area contributed by atoms with Gasteiger partial charge in [0, 0.05) is 32.4 Å². The largest absolute Gasteiger partial charge is 0.384 e. The molecule has 1 aromatic carbocycles. The molecule has 4 nitrogen and oxygen atoms in total. The summed E-state index contributed by atoms with van der Waals surface area (Å²) in [7, 11) is 0. The summed E-state index contributed by atoms with van der Waals surface area (Å²) in [6, 6.07) is 10.8. The molecular weight excluding hydrogens is 291 g/mol. The Kier molecular flexibility index (Phi) is 5.20. The predicted molar refractivity (Wildman–Crippen MR) is 90.2 cm³/mol. The van der Waals surface area contributed by atoms with Crippen molar-refractivity contribution in [2.45, 2.75) is 19.5 Å². The number of pyridine rings is 1. The zero-order valence-electron chi connectivity index (χ0n) is 13.3. The van der Waals surface area contributed by atoms with Gasteiger partial charge in [-0.3, -0.25) is 9.80 Å². The van der Waals surface area contributed by atoms with E-state index in [1.165, 1.54) is 23.3 Å². The lowest BCUT2D eigenvalue weighted by Gasteiger charge is -2.22. The molecule has 5 heteroatoms. The van der Waals surface area contributed by atoms with Crippen LogP contribution in [0.5, 0.6) is 0 Å². The van der Waals surface area contributed by atoms with Crippen LogP contribution in [-0.4, -0.2) is 41.0 Å². The minimum absolute atomic E-state index is 0.174. The highest BCUT2D eigenvalue weighted by molar-refractivity contribution is 5.31. The predicted octanol–water partition coefficient (Wildman–Crippen LogP) is 2.51. The van der Waals surface area contributed by atoms with Crippen molar-refractivity contribution >= 4 is 5.82 Å². The third-order valence-corrected chi connectivity index (χ3v) is 4.25. The summed E-state index contributed by atoms with van der Waals surface area (Å²) >= 11 is 0. The van der Waals surface area contributed by atoms with Crippen molar-refractivity contribution in [2.24, 2.45) is 0 Å². The van der Waals surface area contributed by atoms with Gasteiger partial charge in [-0.1, -0.05) is 12.1 Å². The number of anilines is 1. The molecule has 1 fully saturated rings. The lowest BCUT2D eigenvalue weighted by atomic mass is 10.2. The molecule has 0 radical (unpaired) electrons. The van der Waals surface area contributed by atoms with E-state index in [0.717, 1.165) is 45.7 Å². The molecule has 0 amide bonds. The first-order chi connectivity index (χ1) is 11.2. The van der Waals surface area contributed by atoms with Gasteiger partial charge in [0.25, 0.3) is 0 Å². The van der Waals surface area contributed by atoms with Gasteiger partial charge in [-0.05, 0) is 54.9 Å². The van der Waals surface area contributed by atoms with E-state index in [9.17, 15) is 4.39 Å². The summed E-state index contributed by atoms with van der Waals surface area (Å²) < 4.78 is 13.0. The van der Waals surface area contributed by atoms with Crippen LogP contribution in [0.4, 0.5) is 10.2 Å². The lowest BCUT2D eigenvalue weighted by molar-refractivity contribution is 0.247. The van der Waals surface area contributed by atoms with E-state index in [0.29, 0.717) is 5.82 Å². The molecule has 3 rings (SSSR count).